The molecular weight excluding hydrogens is 308 g/mol. The maximum Gasteiger partial charge on any atom is 0.317 e. The van der Waals surface area contributed by atoms with E-state index < -0.39 is 0 Å². The summed E-state index contributed by atoms with van der Waals surface area (Å²) in [5.41, 5.74) is 2.24. The number of carbonyl (C=O) groups is 1. The van der Waals surface area contributed by atoms with Gasteiger partial charge < -0.3 is 10.2 Å². The molecule has 0 radical (unpaired) electrons. The molecule has 3 rings (SSSR count). The van der Waals surface area contributed by atoms with Crippen LogP contribution in [0, 0.1) is 0 Å². The van der Waals surface area contributed by atoms with Gasteiger partial charge in [-0.25, -0.2) is 4.79 Å². The molecule has 2 aromatic rings. The number of rotatable bonds is 4. The second kappa shape index (κ2) is 7.57. The van der Waals surface area contributed by atoms with Gasteiger partial charge in [-0.1, -0.05) is 6.07 Å². The maximum atomic E-state index is 12.2. The molecule has 0 aliphatic carbocycles. The molecule has 2 aromatic heterocycles. The van der Waals surface area contributed by atoms with Crippen LogP contribution in [0.4, 0.5) is 4.79 Å². The van der Waals surface area contributed by atoms with E-state index in [1.54, 1.807) is 11.3 Å². The van der Waals surface area contributed by atoms with E-state index >= 15 is 0 Å². The smallest absolute Gasteiger partial charge is 0.317 e. The van der Waals surface area contributed by atoms with Gasteiger partial charge >= 0.3 is 6.03 Å². The summed E-state index contributed by atoms with van der Waals surface area (Å²) in [5, 5.41) is 7.08. The minimum absolute atomic E-state index is 0.0290. The summed E-state index contributed by atoms with van der Waals surface area (Å²) in [6.07, 6.45) is 1.83. The Morgan fingerprint density at radius 2 is 2.13 bits per heavy atom. The molecule has 122 valence electrons. The lowest BCUT2D eigenvalue weighted by atomic mass is 10.1. The average Bonchev–Trinajstić information content (AvgIpc) is 3.13. The molecule has 5 nitrogen and oxygen atoms in total. The van der Waals surface area contributed by atoms with Gasteiger partial charge in [0.05, 0.1) is 5.69 Å². The molecule has 0 spiro atoms. The van der Waals surface area contributed by atoms with E-state index in [4.69, 9.17) is 0 Å². The molecule has 6 heteroatoms. The second-order valence-electron chi connectivity index (χ2n) is 5.74. The fourth-order valence-electron chi connectivity index (χ4n) is 2.81. The third kappa shape index (κ3) is 4.09. The van der Waals surface area contributed by atoms with Gasteiger partial charge in [-0.3, -0.25) is 9.88 Å². The van der Waals surface area contributed by atoms with Crippen LogP contribution in [0.5, 0.6) is 0 Å². The maximum absolute atomic E-state index is 12.2. The minimum Gasteiger partial charge on any atom is -0.334 e. The van der Waals surface area contributed by atoms with Crippen molar-refractivity contribution >= 4 is 17.4 Å². The van der Waals surface area contributed by atoms with Crippen molar-refractivity contribution < 1.29 is 4.79 Å². The molecular formula is C17H22N4OS. The normalized spacial score (nSPS) is 17.0. The van der Waals surface area contributed by atoms with E-state index in [9.17, 15) is 4.79 Å². The summed E-state index contributed by atoms with van der Waals surface area (Å²) < 4.78 is 0. The van der Waals surface area contributed by atoms with E-state index in [0.717, 1.165) is 37.4 Å². The van der Waals surface area contributed by atoms with Crippen molar-refractivity contribution in [3.05, 3.63) is 52.5 Å². The van der Waals surface area contributed by atoms with E-state index in [-0.39, 0.29) is 12.1 Å². The van der Waals surface area contributed by atoms with Crippen molar-refractivity contribution in [2.75, 3.05) is 26.2 Å². The van der Waals surface area contributed by atoms with Gasteiger partial charge in [0.1, 0.15) is 0 Å². The van der Waals surface area contributed by atoms with Crippen molar-refractivity contribution in [2.24, 2.45) is 0 Å². The van der Waals surface area contributed by atoms with Gasteiger partial charge in [-0.2, -0.15) is 11.3 Å². The summed E-state index contributed by atoms with van der Waals surface area (Å²) >= 11 is 1.65. The van der Waals surface area contributed by atoms with Crippen molar-refractivity contribution in [3.63, 3.8) is 0 Å². The second-order valence-corrected chi connectivity index (χ2v) is 6.52. The minimum atomic E-state index is 0.0290. The largest absolute Gasteiger partial charge is 0.334 e. The number of carbonyl (C=O) groups excluding carboxylic acids is 1. The number of aromatic nitrogens is 1. The molecule has 1 saturated heterocycles. The first kappa shape index (κ1) is 16.0. The number of piperazine rings is 1. The van der Waals surface area contributed by atoms with Crippen LogP contribution >= 0.6 is 11.3 Å². The van der Waals surface area contributed by atoms with Crippen molar-refractivity contribution in [1.82, 2.24) is 20.1 Å². The highest BCUT2D eigenvalue weighted by molar-refractivity contribution is 7.07. The topological polar surface area (TPSA) is 48.5 Å². The van der Waals surface area contributed by atoms with E-state index in [1.807, 2.05) is 34.7 Å². The number of nitrogens with zero attached hydrogens (tertiary/aromatic N) is 3. The highest BCUT2D eigenvalue weighted by Gasteiger charge is 2.25. The Balaban J connectivity index is 1.47. The van der Waals surface area contributed by atoms with E-state index in [2.05, 4.69) is 33.6 Å². The molecule has 0 bridgehead atoms. The number of nitrogens with one attached hydrogen (secondary N) is 1. The Labute approximate surface area is 140 Å². The third-order valence-electron chi connectivity index (χ3n) is 4.29. The van der Waals surface area contributed by atoms with Gasteiger partial charge in [0.2, 0.25) is 0 Å². The highest BCUT2D eigenvalue weighted by Crippen LogP contribution is 2.19. The van der Waals surface area contributed by atoms with Crippen molar-refractivity contribution in [1.29, 1.82) is 0 Å². The number of amides is 2. The third-order valence-corrected chi connectivity index (χ3v) is 5.02. The number of hydrogen-bond donors (Lipinski definition) is 1. The Morgan fingerprint density at radius 1 is 1.30 bits per heavy atom. The number of hydrogen-bond acceptors (Lipinski definition) is 4. The van der Waals surface area contributed by atoms with Crippen LogP contribution in [0.2, 0.25) is 0 Å². The van der Waals surface area contributed by atoms with Crippen LogP contribution in [0.3, 0.4) is 0 Å². The van der Waals surface area contributed by atoms with Crippen LogP contribution in [-0.4, -0.2) is 47.0 Å². The van der Waals surface area contributed by atoms with Crippen molar-refractivity contribution in [3.8, 4) is 0 Å². The molecule has 1 unspecified atom stereocenters. The zero-order valence-corrected chi connectivity index (χ0v) is 14.1. The van der Waals surface area contributed by atoms with Crippen LogP contribution in [0.25, 0.3) is 0 Å². The van der Waals surface area contributed by atoms with Crippen LogP contribution < -0.4 is 5.32 Å². The fourth-order valence-corrected chi connectivity index (χ4v) is 3.47. The Hall–Kier alpha value is -1.92. The number of pyridine rings is 1. The predicted molar refractivity (Wildman–Crippen MR) is 92.4 cm³/mol. The SMILES string of the molecule is CC(c1ccccn1)N1CCN(C(=O)NCc2ccsc2)CC1. The monoisotopic (exact) mass is 330 g/mol. The first-order valence-corrected chi connectivity index (χ1v) is 8.87. The summed E-state index contributed by atoms with van der Waals surface area (Å²) in [6.45, 7) is 6.05. The van der Waals surface area contributed by atoms with Gasteiger partial charge in [0.15, 0.2) is 0 Å². The molecule has 0 aromatic carbocycles. The first-order valence-electron chi connectivity index (χ1n) is 7.93. The Morgan fingerprint density at radius 3 is 2.78 bits per heavy atom. The lowest BCUT2D eigenvalue weighted by molar-refractivity contribution is 0.112. The van der Waals surface area contributed by atoms with Crippen molar-refractivity contribution in [2.45, 2.75) is 19.5 Å². The number of urea groups is 1. The molecule has 3 heterocycles. The van der Waals surface area contributed by atoms with Gasteiger partial charge in [-0.15, -0.1) is 0 Å². The summed E-state index contributed by atoms with van der Waals surface area (Å²) in [7, 11) is 0. The molecule has 1 aliphatic rings. The molecule has 1 atom stereocenters. The van der Waals surface area contributed by atoms with Crippen LogP contribution in [0.15, 0.2) is 41.2 Å². The quantitative estimate of drug-likeness (QED) is 0.938. The van der Waals surface area contributed by atoms with Gasteiger partial charge in [0, 0.05) is 45.0 Å². The molecule has 1 aliphatic heterocycles. The zero-order chi connectivity index (χ0) is 16.1. The fraction of sp³-hybridized carbons (Fsp3) is 0.412. The lowest BCUT2D eigenvalue weighted by Gasteiger charge is -2.37. The summed E-state index contributed by atoms with van der Waals surface area (Å²) in [4.78, 5) is 20.9. The molecule has 23 heavy (non-hydrogen) atoms. The van der Waals surface area contributed by atoms with E-state index in [1.165, 1.54) is 0 Å². The standard InChI is InChI=1S/C17H22N4OS/c1-14(16-4-2-3-6-18-16)20-7-9-21(10-8-20)17(22)19-12-15-5-11-23-13-15/h2-6,11,13-14H,7-10,12H2,1H3,(H,19,22). The molecule has 1 fully saturated rings. The first-order chi connectivity index (χ1) is 11.2. The summed E-state index contributed by atoms with van der Waals surface area (Å²) in [5.74, 6) is 0. The molecule has 0 saturated carbocycles. The van der Waals surface area contributed by atoms with Gasteiger partial charge in [-0.05, 0) is 41.4 Å². The zero-order valence-electron chi connectivity index (χ0n) is 13.3. The van der Waals surface area contributed by atoms with Crippen LogP contribution in [0.1, 0.15) is 24.2 Å². The Kier molecular flexibility index (Phi) is 5.25. The van der Waals surface area contributed by atoms with Gasteiger partial charge in [0.25, 0.3) is 0 Å². The highest BCUT2D eigenvalue weighted by atomic mass is 32.1. The molecule has 1 N–H and O–H groups in total. The molecule has 2 amide bonds. The predicted octanol–water partition coefficient (Wildman–Crippen LogP) is 2.73. The van der Waals surface area contributed by atoms with Crippen LogP contribution in [-0.2, 0) is 6.54 Å². The number of thiophene rings is 1. The Bertz CT molecular complexity index is 609. The van der Waals surface area contributed by atoms with E-state index in [0.29, 0.717) is 6.54 Å². The average molecular weight is 330 g/mol. The summed E-state index contributed by atoms with van der Waals surface area (Å²) in [6, 6.07) is 8.37. The lowest BCUT2D eigenvalue weighted by Crippen LogP contribution is -2.52.